The van der Waals surface area contributed by atoms with E-state index in [-0.39, 0.29) is 15.5 Å². The molecule has 11 heteroatoms. The molecular weight excluding hydrogens is 476 g/mol. The standard InChI is InChI=1S/C21H21ClN2O6S2/c1-29-19-10-9-18(12-20(19)30-2)32(27,28)24-14-21(15-4-3-11-23-13-15)31(25,26)17-7-5-16(22)6-8-17/h3-13,21,24H,14H2,1-2H3/t21-/m1/s1. The minimum atomic E-state index is -4.06. The van der Waals surface area contributed by atoms with Gasteiger partial charge in [-0.25, -0.2) is 21.6 Å². The van der Waals surface area contributed by atoms with Crippen molar-refractivity contribution >= 4 is 31.5 Å². The summed E-state index contributed by atoms with van der Waals surface area (Å²) in [5.41, 5.74) is 0.345. The summed E-state index contributed by atoms with van der Waals surface area (Å²) in [4.78, 5) is 3.90. The summed E-state index contributed by atoms with van der Waals surface area (Å²) in [7, 11) is -5.21. The van der Waals surface area contributed by atoms with Crippen molar-refractivity contribution in [1.29, 1.82) is 0 Å². The van der Waals surface area contributed by atoms with Crippen LogP contribution in [0.1, 0.15) is 10.8 Å². The molecule has 0 aliphatic carbocycles. The largest absolute Gasteiger partial charge is 0.493 e. The molecule has 1 heterocycles. The Balaban J connectivity index is 1.95. The number of benzene rings is 2. The molecule has 1 atom stereocenters. The highest BCUT2D eigenvalue weighted by molar-refractivity contribution is 7.92. The van der Waals surface area contributed by atoms with Crippen molar-refractivity contribution in [2.24, 2.45) is 0 Å². The number of sulfonamides is 1. The Morgan fingerprint density at radius 3 is 2.19 bits per heavy atom. The van der Waals surface area contributed by atoms with Crippen molar-refractivity contribution in [3.05, 3.63) is 77.6 Å². The summed E-state index contributed by atoms with van der Waals surface area (Å²) in [5.74, 6) is 0.595. The maximum absolute atomic E-state index is 13.3. The second-order valence-corrected chi connectivity index (χ2v) is 11.0. The van der Waals surface area contributed by atoms with E-state index in [1.807, 2.05) is 0 Å². The molecule has 0 bridgehead atoms. The predicted octanol–water partition coefficient (Wildman–Crippen LogP) is 3.25. The van der Waals surface area contributed by atoms with E-state index in [1.54, 1.807) is 12.1 Å². The van der Waals surface area contributed by atoms with Gasteiger partial charge in [-0.15, -0.1) is 0 Å². The summed E-state index contributed by atoms with van der Waals surface area (Å²) in [5, 5.41) is -0.830. The van der Waals surface area contributed by atoms with Crippen molar-refractivity contribution in [3.8, 4) is 11.5 Å². The highest BCUT2D eigenvalue weighted by atomic mass is 35.5. The van der Waals surface area contributed by atoms with Gasteiger partial charge in [-0.2, -0.15) is 0 Å². The Hall–Kier alpha value is -2.66. The number of hydrogen-bond acceptors (Lipinski definition) is 7. The summed E-state index contributed by atoms with van der Waals surface area (Å²) in [6.07, 6.45) is 2.89. The van der Waals surface area contributed by atoms with E-state index < -0.39 is 31.7 Å². The Kier molecular flexibility index (Phi) is 7.40. The molecule has 1 N–H and O–H groups in total. The molecule has 0 radical (unpaired) electrons. The zero-order valence-corrected chi connectivity index (χ0v) is 19.6. The summed E-state index contributed by atoms with van der Waals surface area (Å²) in [6.45, 7) is -0.409. The second-order valence-electron chi connectivity index (χ2n) is 6.64. The lowest BCUT2D eigenvalue weighted by Crippen LogP contribution is -2.32. The quantitative estimate of drug-likeness (QED) is 0.484. The maximum Gasteiger partial charge on any atom is 0.240 e. The number of halogens is 1. The molecule has 0 unspecified atom stereocenters. The number of sulfone groups is 1. The van der Waals surface area contributed by atoms with E-state index in [2.05, 4.69) is 9.71 Å². The minimum absolute atomic E-state index is 0.0149. The first-order valence-electron chi connectivity index (χ1n) is 9.30. The van der Waals surface area contributed by atoms with Gasteiger partial charge in [0.1, 0.15) is 5.25 Å². The van der Waals surface area contributed by atoms with Crippen LogP contribution in [0.2, 0.25) is 5.02 Å². The molecule has 32 heavy (non-hydrogen) atoms. The first-order valence-corrected chi connectivity index (χ1v) is 12.7. The molecule has 0 saturated carbocycles. The van der Waals surface area contributed by atoms with Gasteiger partial charge >= 0.3 is 0 Å². The highest BCUT2D eigenvalue weighted by Gasteiger charge is 2.31. The average Bonchev–Trinajstić information content (AvgIpc) is 2.79. The van der Waals surface area contributed by atoms with Crippen LogP contribution in [0.5, 0.6) is 11.5 Å². The van der Waals surface area contributed by atoms with E-state index in [9.17, 15) is 16.8 Å². The van der Waals surface area contributed by atoms with E-state index in [0.29, 0.717) is 16.3 Å². The first-order chi connectivity index (χ1) is 15.2. The molecule has 0 fully saturated rings. The molecule has 170 valence electrons. The smallest absolute Gasteiger partial charge is 0.240 e. The molecule has 3 rings (SSSR count). The molecule has 8 nitrogen and oxygen atoms in total. The molecule has 1 aromatic heterocycles. The fraction of sp³-hybridized carbons (Fsp3) is 0.190. The van der Waals surface area contributed by atoms with E-state index in [4.69, 9.17) is 21.1 Å². The first kappa shape index (κ1) is 24.0. The maximum atomic E-state index is 13.3. The van der Waals surface area contributed by atoms with Gasteiger partial charge in [0.2, 0.25) is 10.0 Å². The van der Waals surface area contributed by atoms with Crippen LogP contribution in [0, 0.1) is 0 Å². The topological polar surface area (TPSA) is 112 Å². The van der Waals surface area contributed by atoms with Crippen LogP contribution in [-0.2, 0) is 19.9 Å². The summed E-state index contributed by atoms with van der Waals surface area (Å²) < 4.78 is 65.2. The number of hydrogen-bond donors (Lipinski definition) is 1. The third-order valence-electron chi connectivity index (χ3n) is 4.70. The van der Waals surface area contributed by atoms with Crippen molar-refractivity contribution in [3.63, 3.8) is 0 Å². The molecule has 0 spiro atoms. The van der Waals surface area contributed by atoms with Crippen molar-refractivity contribution in [2.45, 2.75) is 15.0 Å². The zero-order chi connectivity index (χ0) is 23.4. The normalized spacial score (nSPS) is 12.8. The van der Waals surface area contributed by atoms with Gasteiger partial charge in [-0.1, -0.05) is 17.7 Å². The average molecular weight is 497 g/mol. The van der Waals surface area contributed by atoms with Crippen LogP contribution in [0.25, 0.3) is 0 Å². The SMILES string of the molecule is COc1ccc(S(=O)(=O)NC[C@H](c2cccnc2)S(=O)(=O)c2ccc(Cl)cc2)cc1OC. The molecule has 0 amide bonds. The number of nitrogens with one attached hydrogen (secondary N) is 1. The third kappa shape index (κ3) is 5.21. The molecule has 2 aromatic carbocycles. The molecule has 0 aliphatic heterocycles. The number of ether oxygens (including phenoxy) is 2. The van der Waals surface area contributed by atoms with Gasteiger partial charge in [0, 0.05) is 30.0 Å². The Morgan fingerprint density at radius 2 is 1.59 bits per heavy atom. The van der Waals surface area contributed by atoms with Crippen LogP contribution in [0.15, 0.2) is 76.8 Å². The number of methoxy groups -OCH3 is 2. The fourth-order valence-electron chi connectivity index (χ4n) is 3.01. The molecule has 0 aliphatic rings. The Morgan fingerprint density at radius 1 is 0.938 bits per heavy atom. The van der Waals surface area contributed by atoms with Gasteiger partial charge < -0.3 is 9.47 Å². The zero-order valence-electron chi connectivity index (χ0n) is 17.2. The Labute approximate surface area is 192 Å². The number of rotatable bonds is 9. The number of nitrogens with zero attached hydrogens (tertiary/aromatic N) is 1. The van der Waals surface area contributed by atoms with E-state index in [1.165, 1.54) is 69.1 Å². The highest BCUT2D eigenvalue weighted by Crippen LogP contribution is 2.31. The van der Waals surface area contributed by atoms with Crippen LogP contribution < -0.4 is 14.2 Å². The van der Waals surface area contributed by atoms with Crippen molar-refractivity contribution < 1.29 is 26.3 Å². The second kappa shape index (κ2) is 9.86. The molecular formula is C21H21ClN2O6S2. The summed E-state index contributed by atoms with van der Waals surface area (Å²) in [6, 6.07) is 12.9. The Bertz CT molecular complexity index is 1280. The van der Waals surface area contributed by atoms with E-state index in [0.717, 1.165) is 0 Å². The van der Waals surface area contributed by atoms with Gasteiger partial charge in [-0.05, 0) is 48.0 Å². The fourth-order valence-corrected chi connectivity index (χ4v) is 5.95. The molecule has 3 aromatic rings. The lowest BCUT2D eigenvalue weighted by Gasteiger charge is -2.19. The van der Waals surface area contributed by atoms with E-state index >= 15 is 0 Å². The third-order valence-corrected chi connectivity index (χ3v) is 8.49. The number of pyridine rings is 1. The number of aromatic nitrogens is 1. The predicted molar refractivity (Wildman–Crippen MR) is 120 cm³/mol. The summed E-state index contributed by atoms with van der Waals surface area (Å²) >= 11 is 5.88. The molecule has 0 saturated heterocycles. The van der Waals surface area contributed by atoms with Crippen LogP contribution >= 0.6 is 11.6 Å². The van der Waals surface area contributed by atoms with Crippen LogP contribution in [-0.4, -0.2) is 42.6 Å². The van der Waals surface area contributed by atoms with Crippen molar-refractivity contribution in [1.82, 2.24) is 9.71 Å². The van der Waals surface area contributed by atoms with Gasteiger partial charge in [-0.3, -0.25) is 4.98 Å². The van der Waals surface area contributed by atoms with Crippen molar-refractivity contribution in [2.75, 3.05) is 20.8 Å². The van der Waals surface area contributed by atoms with Crippen LogP contribution in [0.4, 0.5) is 0 Å². The lowest BCUT2D eigenvalue weighted by molar-refractivity contribution is 0.354. The van der Waals surface area contributed by atoms with Gasteiger partial charge in [0.15, 0.2) is 21.3 Å². The minimum Gasteiger partial charge on any atom is -0.493 e. The van der Waals surface area contributed by atoms with Gasteiger partial charge in [0.05, 0.1) is 24.0 Å². The van der Waals surface area contributed by atoms with Gasteiger partial charge in [0.25, 0.3) is 0 Å². The van der Waals surface area contributed by atoms with Crippen LogP contribution in [0.3, 0.4) is 0 Å². The monoisotopic (exact) mass is 496 g/mol. The lowest BCUT2D eigenvalue weighted by atomic mass is 10.2.